The van der Waals surface area contributed by atoms with Crippen molar-refractivity contribution in [2.24, 2.45) is 0 Å². The Bertz CT molecular complexity index is 1180. The van der Waals surface area contributed by atoms with Crippen LogP contribution in [0.3, 0.4) is 0 Å². The zero-order chi connectivity index (χ0) is 24.2. The van der Waals surface area contributed by atoms with Crippen molar-refractivity contribution in [2.75, 3.05) is 11.5 Å². The molecule has 176 valence electrons. The molecule has 0 aromatic heterocycles. The van der Waals surface area contributed by atoms with Gasteiger partial charge in [0.25, 0.3) is 17.7 Å². The Hall–Kier alpha value is -3.72. The van der Waals surface area contributed by atoms with Crippen molar-refractivity contribution in [2.45, 2.75) is 38.1 Å². The van der Waals surface area contributed by atoms with Crippen molar-refractivity contribution in [3.05, 3.63) is 64.2 Å². The third kappa shape index (κ3) is 4.94. The third-order valence-electron chi connectivity index (χ3n) is 5.74. The zero-order valence-corrected chi connectivity index (χ0v) is 18.9. The van der Waals surface area contributed by atoms with Crippen LogP contribution in [0.25, 0.3) is 0 Å². The maximum Gasteiger partial charge on any atom is 0.338 e. The van der Waals surface area contributed by atoms with Gasteiger partial charge < -0.3 is 10.1 Å². The molecule has 2 N–H and O–H groups in total. The largest absolute Gasteiger partial charge is 0.452 e. The van der Waals surface area contributed by atoms with E-state index in [1.807, 2.05) is 0 Å². The maximum absolute atomic E-state index is 12.9. The number of rotatable bonds is 5. The van der Waals surface area contributed by atoms with Crippen molar-refractivity contribution in [1.29, 1.82) is 0 Å². The molecule has 1 saturated carbocycles. The van der Waals surface area contributed by atoms with Crippen LogP contribution in [0, 0.1) is 0 Å². The van der Waals surface area contributed by atoms with Gasteiger partial charge in [-0.3, -0.25) is 19.7 Å². The van der Waals surface area contributed by atoms with E-state index < -0.39 is 36.3 Å². The van der Waals surface area contributed by atoms with E-state index in [1.54, 1.807) is 24.3 Å². The smallest absolute Gasteiger partial charge is 0.338 e. The van der Waals surface area contributed by atoms with E-state index in [1.165, 1.54) is 18.2 Å². The van der Waals surface area contributed by atoms with Gasteiger partial charge in [-0.2, -0.15) is 0 Å². The van der Waals surface area contributed by atoms with Gasteiger partial charge >= 0.3 is 12.0 Å². The summed E-state index contributed by atoms with van der Waals surface area (Å²) >= 11 is 6.13. The first-order chi connectivity index (χ1) is 16.3. The summed E-state index contributed by atoms with van der Waals surface area (Å²) in [5.74, 6) is -2.84. The average Bonchev–Trinajstić information content (AvgIpc) is 3.07. The molecule has 10 heteroatoms. The molecule has 9 nitrogen and oxygen atoms in total. The van der Waals surface area contributed by atoms with E-state index in [4.69, 9.17) is 16.3 Å². The molecule has 2 aromatic rings. The van der Waals surface area contributed by atoms with Gasteiger partial charge in [0.1, 0.15) is 0 Å². The van der Waals surface area contributed by atoms with Crippen LogP contribution in [0.15, 0.2) is 42.5 Å². The van der Waals surface area contributed by atoms with Gasteiger partial charge in [0.15, 0.2) is 6.61 Å². The number of urea groups is 1. The number of amides is 5. The van der Waals surface area contributed by atoms with Crippen LogP contribution in [0.4, 0.5) is 10.5 Å². The second-order valence-electron chi connectivity index (χ2n) is 8.09. The molecule has 2 aliphatic rings. The minimum absolute atomic E-state index is 0.0136. The topological polar surface area (TPSA) is 122 Å². The highest BCUT2D eigenvalue weighted by atomic mass is 35.5. The molecule has 2 aromatic carbocycles. The molecule has 0 unspecified atom stereocenters. The van der Waals surface area contributed by atoms with E-state index in [0.29, 0.717) is 0 Å². The lowest BCUT2D eigenvalue weighted by Gasteiger charge is -2.22. The van der Waals surface area contributed by atoms with E-state index in [9.17, 15) is 24.0 Å². The van der Waals surface area contributed by atoms with Gasteiger partial charge in [0.2, 0.25) is 0 Å². The van der Waals surface area contributed by atoms with Crippen molar-refractivity contribution < 1.29 is 28.7 Å². The third-order valence-corrected chi connectivity index (χ3v) is 6.06. The molecule has 1 aliphatic heterocycles. The summed E-state index contributed by atoms with van der Waals surface area (Å²) in [5.41, 5.74) is 0.373. The van der Waals surface area contributed by atoms with Crippen molar-refractivity contribution in [3.63, 3.8) is 0 Å². The minimum Gasteiger partial charge on any atom is -0.452 e. The normalized spacial score (nSPS) is 15.6. The number of hydrogen-bond acceptors (Lipinski definition) is 6. The zero-order valence-electron chi connectivity index (χ0n) is 18.1. The van der Waals surface area contributed by atoms with Gasteiger partial charge in [-0.05, 0) is 43.2 Å². The molecule has 0 bridgehead atoms. The average molecular weight is 484 g/mol. The highest BCUT2D eigenvalue weighted by Crippen LogP contribution is 2.33. The van der Waals surface area contributed by atoms with Crippen molar-refractivity contribution in [3.8, 4) is 0 Å². The lowest BCUT2D eigenvalue weighted by atomic mass is 9.96. The van der Waals surface area contributed by atoms with Crippen LogP contribution in [0.2, 0.25) is 5.02 Å². The lowest BCUT2D eigenvalue weighted by molar-refractivity contribution is -0.123. The molecule has 1 fully saturated rings. The van der Waals surface area contributed by atoms with Gasteiger partial charge in [0.05, 0.1) is 27.4 Å². The number of nitrogens with zero attached hydrogens (tertiary/aromatic N) is 1. The van der Waals surface area contributed by atoms with Crippen molar-refractivity contribution in [1.82, 2.24) is 10.6 Å². The quantitative estimate of drug-likeness (QED) is 0.496. The molecular formula is C24H22ClN3O6. The Morgan fingerprint density at radius 2 is 1.68 bits per heavy atom. The van der Waals surface area contributed by atoms with Gasteiger partial charge in [-0.15, -0.1) is 0 Å². The van der Waals surface area contributed by atoms with Crippen LogP contribution < -0.4 is 15.5 Å². The number of esters is 1. The molecule has 0 saturated heterocycles. The highest BCUT2D eigenvalue weighted by Gasteiger charge is 2.38. The number of carbonyl (C=O) groups is 5. The Balaban J connectivity index is 1.36. The van der Waals surface area contributed by atoms with Gasteiger partial charge in [-0.25, -0.2) is 14.5 Å². The van der Waals surface area contributed by atoms with Crippen LogP contribution in [-0.4, -0.2) is 42.4 Å². The highest BCUT2D eigenvalue weighted by molar-refractivity contribution is 6.39. The standard InChI is InChI=1S/C24H22ClN3O6/c25-18-8-4-5-9-19(18)28-21(30)16-11-10-14(12-17(16)22(28)31)23(32)34-13-20(29)27-24(33)26-15-6-2-1-3-7-15/h4-5,8-12,15H,1-3,6-7,13H2,(H2,26,27,29,33). The fraction of sp³-hybridized carbons (Fsp3) is 0.292. The first-order valence-corrected chi connectivity index (χ1v) is 11.3. The van der Waals surface area contributed by atoms with Gasteiger partial charge in [0, 0.05) is 6.04 Å². The summed E-state index contributed by atoms with van der Waals surface area (Å²) in [7, 11) is 0. The number of para-hydroxylation sites is 1. The summed E-state index contributed by atoms with van der Waals surface area (Å²) in [6.07, 6.45) is 4.92. The molecule has 34 heavy (non-hydrogen) atoms. The summed E-state index contributed by atoms with van der Waals surface area (Å²) in [5, 5.41) is 5.10. The fourth-order valence-corrected chi connectivity index (χ4v) is 4.29. The molecule has 4 rings (SSSR count). The molecule has 0 radical (unpaired) electrons. The first-order valence-electron chi connectivity index (χ1n) is 10.9. The second kappa shape index (κ2) is 10.0. The molecule has 1 aliphatic carbocycles. The maximum atomic E-state index is 12.9. The summed E-state index contributed by atoms with van der Waals surface area (Å²) in [6, 6.07) is 9.74. The summed E-state index contributed by atoms with van der Waals surface area (Å²) in [4.78, 5) is 62.9. The Morgan fingerprint density at radius 3 is 2.41 bits per heavy atom. The Labute approximate surface area is 200 Å². The molecule has 5 amide bonds. The number of fused-ring (bicyclic) bond motifs is 1. The molecule has 0 atom stereocenters. The minimum atomic E-state index is -0.873. The van der Waals surface area contributed by atoms with Crippen LogP contribution in [0.1, 0.15) is 63.2 Å². The number of nitrogens with one attached hydrogen (secondary N) is 2. The van der Waals surface area contributed by atoms with E-state index in [2.05, 4.69) is 10.6 Å². The van der Waals surface area contributed by atoms with E-state index in [-0.39, 0.29) is 33.4 Å². The van der Waals surface area contributed by atoms with Gasteiger partial charge in [-0.1, -0.05) is 43.0 Å². The number of anilines is 1. The van der Waals surface area contributed by atoms with Crippen molar-refractivity contribution >= 4 is 47.0 Å². The number of carbonyl (C=O) groups excluding carboxylic acids is 5. The first kappa shape index (κ1) is 23.4. The number of imide groups is 2. The fourth-order valence-electron chi connectivity index (χ4n) is 4.07. The van der Waals surface area contributed by atoms with E-state index >= 15 is 0 Å². The number of ether oxygens (including phenoxy) is 1. The van der Waals surface area contributed by atoms with Crippen LogP contribution >= 0.6 is 11.6 Å². The SMILES string of the molecule is O=C(COC(=O)c1ccc2c(c1)C(=O)N(c1ccccc1Cl)C2=O)NC(=O)NC1CCCCC1. The molecule has 1 heterocycles. The monoisotopic (exact) mass is 483 g/mol. The lowest BCUT2D eigenvalue weighted by Crippen LogP contribution is -2.46. The van der Waals surface area contributed by atoms with E-state index in [0.717, 1.165) is 37.0 Å². The van der Waals surface area contributed by atoms with Crippen LogP contribution in [0.5, 0.6) is 0 Å². The predicted molar refractivity (Wildman–Crippen MR) is 123 cm³/mol. The number of halogens is 1. The molecular weight excluding hydrogens is 462 g/mol. The summed E-state index contributed by atoms with van der Waals surface area (Å²) in [6.45, 7) is -0.674. The Morgan fingerprint density at radius 1 is 0.971 bits per heavy atom. The number of benzene rings is 2. The second-order valence-corrected chi connectivity index (χ2v) is 8.50. The number of hydrogen-bond donors (Lipinski definition) is 2. The Kier molecular flexibility index (Phi) is 6.93. The molecule has 0 spiro atoms. The predicted octanol–water partition coefficient (Wildman–Crippen LogP) is 3.46. The summed E-state index contributed by atoms with van der Waals surface area (Å²) < 4.78 is 4.97. The van der Waals surface area contributed by atoms with Crippen LogP contribution in [-0.2, 0) is 9.53 Å².